The summed E-state index contributed by atoms with van der Waals surface area (Å²) in [4.78, 5) is 21.0. The van der Waals surface area contributed by atoms with Crippen LogP contribution in [-0.4, -0.2) is 60.5 Å². The fourth-order valence-electron chi connectivity index (χ4n) is 3.70. The van der Waals surface area contributed by atoms with E-state index in [0.717, 1.165) is 30.9 Å². The molecule has 126 valence electrons. The average Bonchev–Trinajstić information content (AvgIpc) is 3.10. The molecular formula is C17H25N3O2S. The summed E-state index contributed by atoms with van der Waals surface area (Å²) in [6, 6.07) is 0. The first-order chi connectivity index (χ1) is 11.1. The molecule has 0 radical (unpaired) electrons. The van der Waals surface area contributed by atoms with Crippen LogP contribution in [0.5, 0.6) is 0 Å². The monoisotopic (exact) mass is 335 g/mol. The summed E-state index contributed by atoms with van der Waals surface area (Å²) < 4.78 is 6.29. The third kappa shape index (κ3) is 3.30. The maximum atomic E-state index is 12.3. The van der Waals surface area contributed by atoms with E-state index in [1.807, 2.05) is 23.9 Å². The summed E-state index contributed by atoms with van der Waals surface area (Å²) >= 11 is 1.75. The lowest BCUT2D eigenvalue weighted by Crippen LogP contribution is -2.47. The Kier molecular flexibility index (Phi) is 4.15. The predicted octanol–water partition coefficient (Wildman–Crippen LogP) is 2.26. The molecule has 0 aromatic carbocycles. The standard InChI is InChI=1S/C17H25N3O2S/c1-19(2)9-16(21)20-6-5-12-7-14(22-15(12)8-20)17-18-13(10-23-17)11-3-4-11/h10-12,14-15H,3-9H2,1-2H3/t12-,14+,15+/m1/s1. The number of amides is 1. The number of carbonyl (C=O) groups excluding carboxylic acids is 1. The number of rotatable bonds is 4. The van der Waals surface area contributed by atoms with Crippen LogP contribution in [0.25, 0.3) is 0 Å². The zero-order valence-corrected chi connectivity index (χ0v) is 14.7. The minimum atomic E-state index is 0.145. The minimum absolute atomic E-state index is 0.145. The maximum Gasteiger partial charge on any atom is 0.236 e. The van der Waals surface area contributed by atoms with Gasteiger partial charge in [0.2, 0.25) is 5.91 Å². The van der Waals surface area contributed by atoms with Crippen LogP contribution in [0.2, 0.25) is 0 Å². The van der Waals surface area contributed by atoms with Crippen molar-refractivity contribution in [2.24, 2.45) is 5.92 Å². The van der Waals surface area contributed by atoms with Crippen molar-refractivity contribution in [1.82, 2.24) is 14.8 Å². The van der Waals surface area contributed by atoms with Gasteiger partial charge in [0.1, 0.15) is 11.1 Å². The number of aromatic nitrogens is 1. The first-order valence-corrected chi connectivity index (χ1v) is 9.51. The number of ether oxygens (including phenoxy) is 1. The lowest BCUT2D eigenvalue weighted by molar-refractivity contribution is -0.136. The average molecular weight is 335 g/mol. The van der Waals surface area contributed by atoms with Crippen molar-refractivity contribution in [2.45, 2.75) is 43.8 Å². The normalized spacial score (nSPS) is 30.7. The molecule has 3 heterocycles. The predicted molar refractivity (Wildman–Crippen MR) is 89.6 cm³/mol. The Morgan fingerprint density at radius 3 is 3.00 bits per heavy atom. The summed E-state index contributed by atoms with van der Waals surface area (Å²) in [6.07, 6.45) is 5.05. The van der Waals surface area contributed by atoms with Gasteiger partial charge in [0.25, 0.3) is 0 Å². The minimum Gasteiger partial charge on any atom is -0.366 e. The molecule has 3 fully saturated rings. The van der Waals surface area contributed by atoms with E-state index in [2.05, 4.69) is 5.38 Å². The molecule has 0 unspecified atom stereocenters. The van der Waals surface area contributed by atoms with Gasteiger partial charge in [0.15, 0.2) is 0 Å². The van der Waals surface area contributed by atoms with Gasteiger partial charge in [-0.05, 0) is 45.7 Å². The van der Waals surface area contributed by atoms with Gasteiger partial charge in [-0.3, -0.25) is 4.79 Å². The molecule has 0 bridgehead atoms. The van der Waals surface area contributed by atoms with Crippen molar-refractivity contribution in [3.63, 3.8) is 0 Å². The molecule has 2 saturated heterocycles. The first-order valence-electron chi connectivity index (χ1n) is 8.63. The zero-order chi connectivity index (χ0) is 16.0. The number of piperidine rings is 1. The number of hydrogen-bond donors (Lipinski definition) is 0. The highest BCUT2D eigenvalue weighted by Gasteiger charge is 2.42. The lowest BCUT2D eigenvalue weighted by Gasteiger charge is -2.34. The van der Waals surface area contributed by atoms with Crippen LogP contribution in [0.15, 0.2) is 5.38 Å². The van der Waals surface area contributed by atoms with Gasteiger partial charge in [-0.1, -0.05) is 0 Å². The largest absolute Gasteiger partial charge is 0.366 e. The topological polar surface area (TPSA) is 45.7 Å². The first kappa shape index (κ1) is 15.5. The number of nitrogens with zero attached hydrogens (tertiary/aromatic N) is 3. The number of thiazole rings is 1. The molecule has 1 saturated carbocycles. The molecular weight excluding hydrogens is 310 g/mol. The van der Waals surface area contributed by atoms with Gasteiger partial charge >= 0.3 is 0 Å². The van der Waals surface area contributed by atoms with Crippen LogP contribution in [0.3, 0.4) is 0 Å². The molecule has 6 heteroatoms. The van der Waals surface area contributed by atoms with E-state index >= 15 is 0 Å². The van der Waals surface area contributed by atoms with Gasteiger partial charge in [-0.15, -0.1) is 11.3 Å². The van der Waals surface area contributed by atoms with Crippen molar-refractivity contribution in [1.29, 1.82) is 0 Å². The molecule has 5 nitrogen and oxygen atoms in total. The Morgan fingerprint density at radius 2 is 2.26 bits per heavy atom. The molecule has 2 aliphatic heterocycles. The van der Waals surface area contributed by atoms with Gasteiger partial charge in [0.05, 0.1) is 18.3 Å². The van der Waals surface area contributed by atoms with Crippen LogP contribution >= 0.6 is 11.3 Å². The maximum absolute atomic E-state index is 12.3. The second-order valence-corrected chi connectivity index (χ2v) is 8.30. The van der Waals surface area contributed by atoms with Crippen LogP contribution in [-0.2, 0) is 9.53 Å². The van der Waals surface area contributed by atoms with E-state index < -0.39 is 0 Å². The molecule has 1 aromatic rings. The van der Waals surface area contributed by atoms with Crippen LogP contribution in [0.1, 0.15) is 48.4 Å². The third-order valence-corrected chi connectivity index (χ3v) is 6.12. The summed E-state index contributed by atoms with van der Waals surface area (Å²) in [7, 11) is 3.87. The second kappa shape index (κ2) is 6.15. The van der Waals surface area contributed by atoms with E-state index in [0.29, 0.717) is 18.4 Å². The van der Waals surface area contributed by atoms with Crippen molar-refractivity contribution in [3.8, 4) is 0 Å². The van der Waals surface area contributed by atoms with E-state index in [-0.39, 0.29) is 18.1 Å². The molecule has 0 spiro atoms. The van der Waals surface area contributed by atoms with Gasteiger partial charge in [-0.2, -0.15) is 0 Å². The fourth-order valence-corrected chi connectivity index (χ4v) is 4.65. The van der Waals surface area contributed by atoms with Crippen LogP contribution in [0.4, 0.5) is 0 Å². The Hall–Kier alpha value is -0.980. The summed E-state index contributed by atoms with van der Waals surface area (Å²) in [5.41, 5.74) is 1.27. The Labute approximate surface area is 141 Å². The van der Waals surface area contributed by atoms with Gasteiger partial charge in [0, 0.05) is 24.4 Å². The summed E-state index contributed by atoms with van der Waals surface area (Å²) in [6.45, 7) is 2.10. The molecule has 4 rings (SSSR count). The SMILES string of the molecule is CN(C)CC(=O)N1CC[C@@H]2C[C@@H](c3nc(C4CC4)cs3)O[C@H]2C1. The Balaban J connectivity index is 1.38. The lowest BCUT2D eigenvalue weighted by atomic mass is 9.92. The zero-order valence-electron chi connectivity index (χ0n) is 13.9. The number of likely N-dealkylation sites (N-methyl/N-ethyl adjacent to an activating group) is 1. The molecule has 1 amide bonds. The molecule has 1 aromatic heterocycles. The highest BCUT2D eigenvalue weighted by molar-refractivity contribution is 7.09. The van der Waals surface area contributed by atoms with E-state index in [4.69, 9.17) is 9.72 Å². The van der Waals surface area contributed by atoms with Crippen molar-refractivity contribution in [2.75, 3.05) is 33.7 Å². The molecule has 3 aliphatic rings. The Bertz CT molecular complexity index is 584. The highest BCUT2D eigenvalue weighted by atomic mass is 32.1. The Morgan fingerprint density at radius 1 is 1.43 bits per heavy atom. The third-order valence-electron chi connectivity index (χ3n) is 5.17. The quantitative estimate of drug-likeness (QED) is 0.847. The van der Waals surface area contributed by atoms with Crippen molar-refractivity contribution >= 4 is 17.2 Å². The van der Waals surface area contributed by atoms with Gasteiger partial charge < -0.3 is 14.5 Å². The molecule has 1 aliphatic carbocycles. The molecule has 23 heavy (non-hydrogen) atoms. The van der Waals surface area contributed by atoms with Crippen LogP contribution in [0, 0.1) is 5.92 Å². The van der Waals surface area contributed by atoms with Crippen molar-refractivity contribution in [3.05, 3.63) is 16.1 Å². The molecule has 0 N–H and O–H groups in total. The number of hydrogen-bond acceptors (Lipinski definition) is 5. The number of carbonyl (C=O) groups is 1. The highest BCUT2D eigenvalue weighted by Crippen LogP contribution is 2.45. The summed E-state index contributed by atoms with van der Waals surface area (Å²) in [5.74, 6) is 1.50. The van der Waals surface area contributed by atoms with E-state index in [1.54, 1.807) is 11.3 Å². The second-order valence-electron chi connectivity index (χ2n) is 7.41. The molecule has 3 atom stereocenters. The van der Waals surface area contributed by atoms with E-state index in [1.165, 1.54) is 18.5 Å². The van der Waals surface area contributed by atoms with Crippen LogP contribution < -0.4 is 0 Å². The smallest absolute Gasteiger partial charge is 0.236 e. The fraction of sp³-hybridized carbons (Fsp3) is 0.765. The van der Waals surface area contributed by atoms with Gasteiger partial charge in [-0.25, -0.2) is 4.98 Å². The number of fused-ring (bicyclic) bond motifs is 1. The number of likely N-dealkylation sites (tertiary alicyclic amines) is 1. The van der Waals surface area contributed by atoms with E-state index in [9.17, 15) is 4.79 Å². The summed E-state index contributed by atoms with van der Waals surface area (Å²) in [5, 5.41) is 3.36. The van der Waals surface area contributed by atoms with Crippen molar-refractivity contribution < 1.29 is 9.53 Å².